The van der Waals surface area contributed by atoms with Crippen LogP contribution >= 0.6 is 0 Å². The first-order chi connectivity index (χ1) is 12.7. The van der Waals surface area contributed by atoms with E-state index in [1.54, 1.807) is 0 Å². The Morgan fingerprint density at radius 2 is 1.38 bits per heavy atom. The number of rotatable bonds is 20. The average Bonchev–Trinajstić information content (AvgIpc) is 2.63. The predicted octanol–water partition coefficient (Wildman–Crippen LogP) is 5.86. The van der Waals surface area contributed by atoms with E-state index in [0.717, 1.165) is 32.1 Å². The van der Waals surface area contributed by atoms with E-state index >= 15 is 0 Å². The Kier molecular flexibility index (Phi) is 19.0. The molecule has 0 spiro atoms. The van der Waals surface area contributed by atoms with Gasteiger partial charge in [0.1, 0.15) is 0 Å². The normalized spacial score (nSPS) is 12.3. The fraction of sp³-hybridized carbons (Fsp3) is 0.818. The summed E-state index contributed by atoms with van der Waals surface area (Å²) in [5, 5.41) is 11.8. The van der Waals surface area contributed by atoms with Gasteiger partial charge in [-0.2, -0.15) is 0 Å². The zero-order valence-electron chi connectivity index (χ0n) is 16.9. The highest BCUT2D eigenvalue weighted by atomic mass is 16.4. The number of unbranched alkanes of at least 4 members (excludes halogenated alkanes) is 10. The SMILES string of the molecule is CCCCCCCC/C=C\CCCCCCC(CCCNC=O)C(=O)O. The van der Waals surface area contributed by atoms with Crippen LogP contribution < -0.4 is 5.32 Å². The quantitative estimate of drug-likeness (QED) is 0.161. The number of amides is 1. The second-order valence-electron chi connectivity index (χ2n) is 7.27. The van der Waals surface area contributed by atoms with Crippen molar-refractivity contribution in [2.75, 3.05) is 6.54 Å². The fourth-order valence-electron chi connectivity index (χ4n) is 3.19. The van der Waals surface area contributed by atoms with E-state index in [-0.39, 0.29) is 5.92 Å². The molecular weight excluding hydrogens is 326 g/mol. The smallest absolute Gasteiger partial charge is 0.306 e. The highest BCUT2D eigenvalue weighted by Crippen LogP contribution is 2.17. The number of hydrogen-bond donors (Lipinski definition) is 2. The Hall–Kier alpha value is -1.32. The Morgan fingerprint density at radius 1 is 0.846 bits per heavy atom. The van der Waals surface area contributed by atoms with E-state index in [1.165, 1.54) is 57.8 Å². The van der Waals surface area contributed by atoms with Crippen molar-refractivity contribution in [1.29, 1.82) is 0 Å². The standard InChI is InChI=1S/C22H41NO3/c1-2-3-4-5-6-7-8-9-10-11-12-13-14-15-17-21(22(25)26)18-16-19-23-20-24/h9-10,20-21H,2-8,11-19H2,1H3,(H,23,24)(H,25,26)/b10-9-. The Labute approximate surface area is 160 Å². The second-order valence-corrected chi connectivity index (χ2v) is 7.27. The zero-order valence-corrected chi connectivity index (χ0v) is 16.9. The summed E-state index contributed by atoms with van der Waals surface area (Å²) in [7, 11) is 0. The molecule has 0 saturated carbocycles. The Balaban J connectivity index is 3.45. The van der Waals surface area contributed by atoms with Crippen LogP contribution in [0.3, 0.4) is 0 Å². The molecule has 4 nitrogen and oxygen atoms in total. The summed E-state index contributed by atoms with van der Waals surface area (Å²) in [6.07, 6.45) is 22.4. The number of carboxylic acids is 1. The molecule has 0 radical (unpaired) electrons. The molecule has 0 saturated heterocycles. The number of carboxylic acid groups (broad SMARTS) is 1. The lowest BCUT2D eigenvalue weighted by molar-refractivity contribution is -0.142. The number of nitrogens with one attached hydrogen (secondary N) is 1. The summed E-state index contributed by atoms with van der Waals surface area (Å²) >= 11 is 0. The van der Waals surface area contributed by atoms with Crippen molar-refractivity contribution in [3.8, 4) is 0 Å². The maximum Gasteiger partial charge on any atom is 0.306 e. The van der Waals surface area contributed by atoms with Crippen LogP contribution in [0, 0.1) is 5.92 Å². The third-order valence-corrected chi connectivity index (χ3v) is 4.87. The van der Waals surface area contributed by atoms with Gasteiger partial charge >= 0.3 is 5.97 Å². The molecule has 0 aromatic carbocycles. The van der Waals surface area contributed by atoms with Gasteiger partial charge in [0.05, 0.1) is 5.92 Å². The van der Waals surface area contributed by atoms with E-state index < -0.39 is 5.97 Å². The lowest BCUT2D eigenvalue weighted by Gasteiger charge is -2.11. The molecule has 0 aromatic heterocycles. The maximum absolute atomic E-state index is 11.2. The highest BCUT2D eigenvalue weighted by Gasteiger charge is 2.16. The van der Waals surface area contributed by atoms with Gasteiger partial charge in [-0.3, -0.25) is 9.59 Å². The molecule has 0 heterocycles. The minimum atomic E-state index is -0.700. The first-order valence-corrected chi connectivity index (χ1v) is 10.8. The monoisotopic (exact) mass is 367 g/mol. The summed E-state index contributed by atoms with van der Waals surface area (Å²) in [5.74, 6) is -0.964. The summed E-state index contributed by atoms with van der Waals surface area (Å²) in [6.45, 7) is 2.82. The molecule has 1 amide bonds. The van der Waals surface area contributed by atoms with Gasteiger partial charge in [-0.05, 0) is 44.9 Å². The maximum atomic E-state index is 11.2. The number of allylic oxidation sites excluding steroid dienone is 2. The van der Waals surface area contributed by atoms with Gasteiger partial charge < -0.3 is 10.4 Å². The van der Waals surface area contributed by atoms with Crippen LogP contribution in [0.1, 0.15) is 103 Å². The minimum absolute atomic E-state index is 0.263. The molecule has 152 valence electrons. The van der Waals surface area contributed by atoms with E-state index in [9.17, 15) is 14.7 Å². The van der Waals surface area contributed by atoms with Gasteiger partial charge in [-0.1, -0.05) is 70.4 Å². The number of carbonyl (C=O) groups excluding carboxylic acids is 1. The molecule has 4 heteroatoms. The first kappa shape index (κ1) is 24.7. The number of hydrogen-bond acceptors (Lipinski definition) is 2. The van der Waals surface area contributed by atoms with E-state index in [4.69, 9.17) is 0 Å². The van der Waals surface area contributed by atoms with Gasteiger partial charge in [0, 0.05) is 6.54 Å². The molecule has 0 bridgehead atoms. The van der Waals surface area contributed by atoms with Crippen LogP contribution in [0.4, 0.5) is 0 Å². The van der Waals surface area contributed by atoms with Crippen molar-refractivity contribution in [3.63, 3.8) is 0 Å². The largest absolute Gasteiger partial charge is 0.481 e. The van der Waals surface area contributed by atoms with Crippen molar-refractivity contribution in [1.82, 2.24) is 5.32 Å². The molecule has 1 unspecified atom stereocenters. The summed E-state index contributed by atoms with van der Waals surface area (Å²) in [5.41, 5.74) is 0. The Morgan fingerprint density at radius 3 is 1.96 bits per heavy atom. The van der Waals surface area contributed by atoms with Crippen LogP contribution in [0.25, 0.3) is 0 Å². The number of aliphatic carboxylic acids is 1. The summed E-state index contributed by atoms with van der Waals surface area (Å²) in [4.78, 5) is 21.4. The molecule has 0 aromatic rings. The third kappa shape index (κ3) is 17.5. The van der Waals surface area contributed by atoms with Crippen molar-refractivity contribution in [2.24, 2.45) is 5.92 Å². The lowest BCUT2D eigenvalue weighted by Crippen LogP contribution is -2.18. The molecule has 0 fully saturated rings. The lowest BCUT2D eigenvalue weighted by atomic mass is 9.96. The van der Waals surface area contributed by atoms with E-state index in [2.05, 4.69) is 24.4 Å². The van der Waals surface area contributed by atoms with Crippen LogP contribution in [-0.4, -0.2) is 24.0 Å². The van der Waals surface area contributed by atoms with Gasteiger partial charge in [0.2, 0.25) is 6.41 Å². The average molecular weight is 368 g/mol. The molecule has 0 aliphatic carbocycles. The Bertz CT molecular complexity index is 355. The summed E-state index contributed by atoms with van der Waals surface area (Å²) in [6, 6.07) is 0. The van der Waals surface area contributed by atoms with Crippen molar-refractivity contribution in [3.05, 3.63) is 12.2 Å². The van der Waals surface area contributed by atoms with Crippen LogP contribution in [-0.2, 0) is 9.59 Å². The molecule has 26 heavy (non-hydrogen) atoms. The molecule has 0 aliphatic rings. The fourth-order valence-corrected chi connectivity index (χ4v) is 3.19. The van der Waals surface area contributed by atoms with E-state index in [1.807, 2.05) is 0 Å². The summed E-state index contributed by atoms with van der Waals surface area (Å²) < 4.78 is 0. The molecular formula is C22H41NO3. The van der Waals surface area contributed by atoms with Crippen molar-refractivity contribution < 1.29 is 14.7 Å². The first-order valence-electron chi connectivity index (χ1n) is 10.8. The van der Waals surface area contributed by atoms with Crippen LogP contribution in [0.15, 0.2) is 12.2 Å². The van der Waals surface area contributed by atoms with Crippen LogP contribution in [0.5, 0.6) is 0 Å². The van der Waals surface area contributed by atoms with Gasteiger partial charge in [0.25, 0.3) is 0 Å². The van der Waals surface area contributed by atoms with Gasteiger partial charge in [0.15, 0.2) is 0 Å². The number of carbonyl (C=O) groups is 2. The van der Waals surface area contributed by atoms with Gasteiger partial charge in [-0.15, -0.1) is 0 Å². The van der Waals surface area contributed by atoms with Crippen molar-refractivity contribution >= 4 is 12.4 Å². The third-order valence-electron chi connectivity index (χ3n) is 4.87. The topological polar surface area (TPSA) is 66.4 Å². The van der Waals surface area contributed by atoms with E-state index in [0.29, 0.717) is 19.4 Å². The van der Waals surface area contributed by atoms with Crippen molar-refractivity contribution in [2.45, 2.75) is 103 Å². The minimum Gasteiger partial charge on any atom is -0.481 e. The predicted molar refractivity (Wildman–Crippen MR) is 109 cm³/mol. The molecule has 0 rings (SSSR count). The van der Waals surface area contributed by atoms with Crippen LogP contribution in [0.2, 0.25) is 0 Å². The molecule has 0 aliphatic heterocycles. The van der Waals surface area contributed by atoms with Gasteiger partial charge in [-0.25, -0.2) is 0 Å². The molecule has 2 N–H and O–H groups in total. The zero-order chi connectivity index (χ0) is 19.3. The molecule has 1 atom stereocenters. The highest BCUT2D eigenvalue weighted by molar-refractivity contribution is 5.69. The second kappa shape index (κ2) is 20.0.